The van der Waals surface area contributed by atoms with Crippen LogP contribution < -0.4 is 5.32 Å². The molecule has 4 heteroatoms. The van der Waals surface area contributed by atoms with Crippen LogP contribution in [0.1, 0.15) is 38.3 Å². The van der Waals surface area contributed by atoms with E-state index < -0.39 is 11.0 Å². The van der Waals surface area contributed by atoms with E-state index in [9.17, 15) is 5.11 Å². The molecule has 0 saturated heterocycles. The van der Waals surface area contributed by atoms with E-state index in [0.717, 1.165) is 22.9 Å². The van der Waals surface area contributed by atoms with Crippen LogP contribution >= 0.6 is 11.6 Å². The molecular weight excluding hydrogens is 332 g/mol. The number of fused-ring (bicyclic) bond motifs is 2. The number of benzene rings is 1. The maximum Gasteiger partial charge on any atom is 0.145 e. The van der Waals surface area contributed by atoms with E-state index in [0.29, 0.717) is 0 Å². The number of quaternary nitrogens is 1. The van der Waals surface area contributed by atoms with Crippen molar-refractivity contribution < 1.29 is 10.4 Å². The van der Waals surface area contributed by atoms with Gasteiger partial charge in [0.05, 0.1) is 5.41 Å². The number of nitrogens with one attached hydrogen (secondary N) is 1. The lowest BCUT2D eigenvalue weighted by atomic mass is 9.48. The molecule has 1 fully saturated rings. The molecule has 0 spiro atoms. The second-order valence-electron chi connectivity index (χ2n) is 8.52. The van der Waals surface area contributed by atoms with Crippen LogP contribution in [0.5, 0.6) is 0 Å². The molecule has 134 valence electrons. The molecule has 25 heavy (non-hydrogen) atoms. The van der Waals surface area contributed by atoms with Crippen LogP contribution in [0.15, 0.2) is 37.1 Å². The molecule has 0 bridgehead atoms. The minimum Gasteiger partial charge on any atom is -0.473 e. The fourth-order valence-corrected chi connectivity index (χ4v) is 6.04. The average molecular weight is 359 g/mol. The van der Waals surface area contributed by atoms with Crippen LogP contribution in [-0.4, -0.2) is 21.5 Å². The van der Waals surface area contributed by atoms with Gasteiger partial charge in [-0.1, -0.05) is 32.1 Å². The second kappa shape index (κ2) is 5.12. The van der Waals surface area contributed by atoms with Crippen molar-refractivity contribution in [3.63, 3.8) is 0 Å². The first-order valence-corrected chi connectivity index (χ1v) is 9.40. The lowest BCUT2D eigenvalue weighted by Crippen LogP contribution is -2.95. The van der Waals surface area contributed by atoms with Gasteiger partial charge in [0.25, 0.3) is 0 Å². The summed E-state index contributed by atoms with van der Waals surface area (Å²) >= 11 is 6.87. The summed E-state index contributed by atoms with van der Waals surface area (Å²) in [7, 11) is 4.07. The zero-order valence-electron chi connectivity index (χ0n) is 15.1. The van der Waals surface area contributed by atoms with Crippen molar-refractivity contribution >= 4 is 22.5 Å². The van der Waals surface area contributed by atoms with Crippen molar-refractivity contribution in [2.75, 3.05) is 0 Å². The molecule has 0 amide bonds. The van der Waals surface area contributed by atoms with Gasteiger partial charge in [0.2, 0.25) is 0 Å². The number of rotatable bonds is 2. The number of halogens is 1. The third-order valence-corrected chi connectivity index (χ3v) is 7.82. The Balaban J connectivity index is 2.08. The first-order valence-electron chi connectivity index (χ1n) is 8.96. The molecule has 1 saturated carbocycles. The highest BCUT2D eigenvalue weighted by atomic mass is 35.5. The summed E-state index contributed by atoms with van der Waals surface area (Å²) in [6.07, 6.45) is 4.62. The summed E-state index contributed by atoms with van der Waals surface area (Å²) in [6.45, 7) is 10.6. The van der Waals surface area contributed by atoms with Crippen LogP contribution in [0.4, 0.5) is 0 Å². The van der Waals surface area contributed by atoms with Crippen molar-refractivity contribution in [3.8, 4) is 0 Å². The van der Waals surface area contributed by atoms with Crippen LogP contribution in [0.3, 0.4) is 0 Å². The highest BCUT2D eigenvalue weighted by Gasteiger charge is 2.66. The quantitative estimate of drug-likeness (QED) is 0.431. The molecule has 2 aliphatic carbocycles. The molecule has 0 aliphatic heterocycles. The molecule has 4 N–H and O–H groups in total. The monoisotopic (exact) mass is 358 g/mol. The Morgan fingerprint density at radius 2 is 2.08 bits per heavy atom. The van der Waals surface area contributed by atoms with E-state index in [-0.39, 0.29) is 22.8 Å². The van der Waals surface area contributed by atoms with Gasteiger partial charge in [0.1, 0.15) is 11.6 Å². The molecule has 3 nitrogen and oxygen atoms in total. The third kappa shape index (κ3) is 1.84. The Labute approximate surface area is 154 Å². The molecule has 0 radical (unpaired) electrons. The van der Waals surface area contributed by atoms with Crippen molar-refractivity contribution in [1.82, 2.24) is 4.98 Å². The average Bonchev–Trinajstić information content (AvgIpc) is 3.02. The van der Waals surface area contributed by atoms with E-state index in [2.05, 4.69) is 57.6 Å². The van der Waals surface area contributed by atoms with Crippen molar-refractivity contribution in [2.45, 2.75) is 49.6 Å². The normalized spacial score (nSPS) is 39.2. The molecule has 5 atom stereocenters. The van der Waals surface area contributed by atoms with Gasteiger partial charge in [-0.3, -0.25) is 0 Å². The number of aromatic nitrogens is 1. The summed E-state index contributed by atoms with van der Waals surface area (Å²) in [4.78, 5) is 3.36. The second-order valence-corrected chi connectivity index (χ2v) is 9.04. The topological polar surface area (TPSA) is 52.6 Å². The predicted molar refractivity (Wildman–Crippen MR) is 102 cm³/mol. The van der Waals surface area contributed by atoms with E-state index >= 15 is 0 Å². The van der Waals surface area contributed by atoms with Gasteiger partial charge in [-0.15, -0.1) is 18.2 Å². The van der Waals surface area contributed by atoms with E-state index in [1.54, 1.807) is 0 Å². The van der Waals surface area contributed by atoms with Crippen molar-refractivity contribution in [1.29, 1.82) is 0 Å². The van der Waals surface area contributed by atoms with Crippen LogP contribution in [0.2, 0.25) is 0 Å². The standard InChI is InChI=1S/C21H27ClN2O/c1-6-20(4)16(22)10-15-19(2,3)12-8-7-9-14-17(12)13(11-24-14)21(15,25)18(20)23-5/h6-9,11,15-16,18,24-25H,1,5,10,23H2,2-4H3/t15-,16-,18+,20+,21+/m1/s1. The van der Waals surface area contributed by atoms with Gasteiger partial charge in [-0.05, 0) is 30.4 Å². The number of hydrogen-bond acceptors (Lipinski definition) is 1. The summed E-state index contributed by atoms with van der Waals surface area (Å²) in [5.41, 5.74) is 1.70. The Bertz CT molecular complexity index is 857. The molecule has 2 aromatic rings. The third-order valence-electron chi connectivity index (χ3n) is 7.17. The molecule has 1 heterocycles. The Morgan fingerprint density at radius 1 is 1.36 bits per heavy atom. The number of hydrogen-bond donors (Lipinski definition) is 3. The minimum atomic E-state index is -1.02. The molecule has 0 unspecified atom stereocenters. The summed E-state index contributed by atoms with van der Waals surface area (Å²) < 4.78 is 0. The van der Waals surface area contributed by atoms with Crippen molar-refractivity contribution in [2.24, 2.45) is 11.3 Å². The Hall–Kier alpha value is -1.29. The maximum absolute atomic E-state index is 12.2. The fraction of sp³-hybridized carbons (Fsp3) is 0.476. The van der Waals surface area contributed by atoms with E-state index in [4.69, 9.17) is 11.6 Å². The van der Waals surface area contributed by atoms with Crippen LogP contribution in [-0.2, 0) is 11.0 Å². The van der Waals surface area contributed by atoms with Gasteiger partial charge >= 0.3 is 0 Å². The van der Waals surface area contributed by atoms with E-state index in [1.807, 2.05) is 17.6 Å². The summed E-state index contributed by atoms with van der Waals surface area (Å²) in [5, 5.41) is 15.2. The van der Waals surface area contributed by atoms with Crippen LogP contribution in [0, 0.1) is 18.4 Å². The number of aliphatic hydroxyl groups is 1. The molecule has 4 rings (SSSR count). The zero-order chi connectivity index (χ0) is 18.2. The molecule has 2 aliphatic rings. The Kier molecular flexibility index (Phi) is 3.51. The summed E-state index contributed by atoms with van der Waals surface area (Å²) in [5.74, 6) is 0.00687. The van der Waals surface area contributed by atoms with Gasteiger partial charge in [0.15, 0.2) is 0 Å². The molecule has 1 aromatic carbocycles. The number of nitrogens with two attached hydrogens (primary N) is 1. The Morgan fingerprint density at radius 3 is 2.72 bits per heavy atom. The number of alkyl halides is 1. The van der Waals surface area contributed by atoms with Gasteiger partial charge in [0, 0.05) is 34.0 Å². The lowest BCUT2D eigenvalue weighted by molar-refractivity contribution is -0.672. The molecular formula is C21H27ClN2O. The fourth-order valence-electron chi connectivity index (χ4n) is 5.64. The minimum absolute atomic E-state index is 0.00687. The van der Waals surface area contributed by atoms with Crippen LogP contribution in [0.25, 0.3) is 10.9 Å². The highest BCUT2D eigenvalue weighted by Crippen LogP contribution is 2.61. The largest absolute Gasteiger partial charge is 0.473 e. The lowest BCUT2D eigenvalue weighted by Gasteiger charge is -2.60. The maximum atomic E-state index is 12.2. The van der Waals surface area contributed by atoms with Gasteiger partial charge in [-0.25, -0.2) is 0 Å². The van der Waals surface area contributed by atoms with Crippen molar-refractivity contribution in [3.05, 3.63) is 55.2 Å². The SMILES string of the molecule is C=C[C@@]1(C)[C@H](Cl)C[C@@H]2C(C)(C)c3cccc4[nH]cc(c34)[C@@]2(O)[C@H]1[NH2+][CH2-]. The van der Waals surface area contributed by atoms with Gasteiger partial charge in [-0.2, -0.15) is 7.05 Å². The number of aromatic amines is 1. The summed E-state index contributed by atoms with van der Waals surface area (Å²) in [6, 6.07) is 6.15. The number of H-pyrrole nitrogens is 1. The molecule has 1 aromatic heterocycles. The highest BCUT2D eigenvalue weighted by molar-refractivity contribution is 6.21. The first kappa shape index (κ1) is 17.1. The zero-order valence-corrected chi connectivity index (χ0v) is 15.9. The van der Waals surface area contributed by atoms with E-state index in [1.165, 1.54) is 5.56 Å². The predicted octanol–water partition coefficient (Wildman–Crippen LogP) is 3.19. The first-order chi connectivity index (χ1) is 11.7. The smallest absolute Gasteiger partial charge is 0.145 e. The van der Waals surface area contributed by atoms with Gasteiger partial charge < -0.3 is 15.4 Å².